The molecule has 1 aromatic carbocycles. The highest BCUT2D eigenvalue weighted by molar-refractivity contribution is 9.11. The van der Waals surface area contributed by atoms with Crippen molar-refractivity contribution < 1.29 is 4.74 Å². The van der Waals surface area contributed by atoms with Gasteiger partial charge in [-0.15, -0.1) is 0 Å². The van der Waals surface area contributed by atoms with E-state index in [2.05, 4.69) is 54.6 Å². The number of hydrogen-bond donors (Lipinski definition) is 3. The van der Waals surface area contributed by atoms with Gasteiger partial charge in [0.05, 0.1) is 11.0 Å². The van der Waals surface area contributed by atoms with Crippen molar-refractivity contribution in [3.8, 4) is 0 Å². The monoisotopic (exact) mass is 389 g/mol. The van der Waals surface area contributed by atoms with Gasteiger partial charge in [0.25, 0.3) is 0 Å². The van der Waals surface area contributed by atoms with Crippen molar-refractivity contribution in [1.29, 1.82) is 0 Å². The molecule has 1 saturated heterocycles. The zero-order valence-corrected chi connectivity index (χ0v) is 15.1. The maximum atomic E-state index is 5.50. The maximum absolute atomic E-state index is 5.50. The van der Waals surface area contributed by atoms with Crippen LogP contribution in [0.1, 0.15) is 5.82 Å². The number of ether oxygens (including phenoxy) is 1. The lowest BCUT2D eigenvalue weighted by Crippen LogP contribution is -2.43. The fraction of sp³-hybridized carbons (Fsp3) is 0.353. The van der Waals surface area contributed by atoms with Crippen LogP contribution in [0.5, 0.6) is 0 Å². The number of fused-ring (bicyclic) bond motifs is 1. The first-order valence-corrected chi connectivity index (χ1v) is 8.86. The van der Waals surface area contributed by atoms with Gasteiger partial charge in [0.15, 0.2) is 6.23 Å². The van der Waals surface area contributed by atoms with Crippen LogP contribution in [0.25, 0.3) is 16.6 Å². The molecule has 2 aliphatic rings. The third-order valence-corrected chi connectivity index (χ3v) is 4.86. The van der Waals surface area contributed by atoms with Gasteiger partial charge < -0.3 is 25.3 Å². The second-order valence-electron chi connectivity index (χ2n) is 5.94. The third kappa shape index (κ3) is 2.94. The van der Waals surface area contributed by atoms with Crippen molar-refractivity contribution in [1.82, 2.24) is 20.6 Å². The Balaban J connectivity index is 1.69. The molecule has 1 atom stereocenters. The lowest BCUT2D eigenvalue weighted by molar-refractivity contribution is 0.131. The number of rotatable bonds is 3. The van der Waals surface area contributed by atoms with Gasteiger partial charge in [0.1, 0.15) is 5.82 Å². The zero-order valence-electron chi connectivity index (χ0n) is 13.5. The number of H-pyrrole nitrogens is 1. The van der Waals surface area contributed by atoms with Crippen molar-refractivity contribution in [2.75, 3.05) is 38.2 Å². The first-order chi connectivity index (χ1) is 11.7. The molecule has 3 heterocycles. The van der Waals surface area contributed by atoms with Crippen LogP contribution >= 0.6 is 15.9 Å². The van der Waals surface area contributed by atoms with Gasteiger partial charge in [-0.05, 0) is 40.2 Å². The molecule has 7 heteroatoms. The highest BCUT2D eigenvalue weighted by Gasteiger charge is 2.21. The topological polar surface area (TPSA) is 65.2 Å². The van der Waals surface area contributed by atoms with Crippen molar-refractivity contribution in [3.63, 3.8) is 0 Å². The molecular formula is C17H20BrN5O. The van der Waals surface area contributed by atoms with Gasteiger partial charge in [-0.25, -0.2) is 4.98 Å². The van der Waals surface area contributed by atoms with E-state index < -0.39 is 0 Å². The van der Waals surface area contributed by atoms with Gasteiger partial charge in [0, 0.05) is 55.2 Å². The summed E-state index contributed by atoms with van der Waals surface area (Å²) in [5, 5.41) is 6.58. The number of methoxy groups -OCH3 is 1. The lowest BCUT2D eigenvalue weighted by atomic mass is 10.1. The van der Waals surface area contributed by atoms with Gasteiger partial charge in [-0.3, -0.25) is 0 Å². The molecule has 4 rings (SSSR count). The Morgan fingerprint density at radius 1 is 1.29 bits per heavy atom. The summed E-state index contributed by atoms with van der Waals surface area (Å²) in [5.74, 6) is 0.826. The minimum absolute atomic E-state index is 0.209. The third-order valence-electron chi connectivity index (χ3n) is 4.41. The van der Waals surface area contributed by atoms with E-state index in [9.17, 15) is 0 Å². The molecule has 126 valence electrons. The number of nitrogens with zero attached hydrogens (tertiary/aromatic N) is 2. The summed E-state index contributed by atoms with van der Waals surface area (Å²) in [6.45, 7) is 4.12. The predicted molar refractivity (Wildman–Crippen MR) is 100 cm³/mol. The van der Waals surface area contributed by atoms with E-state index >= 15 is 0 Å². The van der Waals surface area contributed by atoms with Gasteiger partial charge >= 0.3 is 0 Å². The number of aromatic nitrogens is 2. The van der Waals surface area contributed by atoms with E-state index in [1.54, 1.807) is 7.11 Å². The van der Waals surface area contributed by atoms with E-state index in [1.165, 1.54) is 5.69 Å². The molecular weight excluding hydrogens is 370 g/mol. The van der Waals surface area contributed by atoms with E-state index in [0.29, 0.717) is 0 Å². The minimum Gasteiger partial charge on any atom is -0.369 e. The number of allylic oxidation sites excluding steroid dienone is 2. The number of anilines is 1. The fourth-order valence-corrected chi connectivity index (χ4v) is 3.53. The van der Waals surface area contributed by atoms with Crippen LogP contribution in [-0.4, -0.2) is 49.5 Å². The van der Waals surface area contributed by atoms with Crippen LogP contribution in [0.2, 0.25) is 0 Å². The van der Waals surface area contributed by atoms with Crippen molar-refractivity contribution in [2.24, 2.45) is 0 Å². The molecule has 0 bridgehead atoms. The molecule has 2 aliphatic heterocycles. The normalized spacial score (nSPS) is 21.4. The van der Waals surface area contributed by atoms with Crippen molar-refractivity contribution in [2.45, 2.75) is 6.23 Å². The summed E-state index contributed by atoms with van der Waals surface area (Å²) in [4.78, 5) is 10.6. The van der Waals surface area contributed by atoms with Crippen molar-refractivity contribution in [3.05, 3.63) is 40.8 Å². The molecule has 2 aromatic rings. The average Bonchev–Trinajstić information content (AvgIpc) is 3.05. The zero-order chi connectivity index (χ0) is 16.5. The Morgan fingerprint density at radius 3 is 2.92 bits per heavy atom. The van der Waals surface area contributed by atoms with Crippen LogP contribution < -0.4 is 15.5 Å². The minimum atomic E-state index is -0.209. The Labute approximate surface area is 149 Å². The lowest BCUT2D eigenvalue weighted by Gasteiger charge is -2.29. The quantitative estimate of drug-likeness (QED) is 0.750. The van der Waals surface area contributed by atoms with E-state index in [-0.39, 0.29) is 6.23 Å². The Morgan fingerprint density at radius 2 is 2.12 bits per heavy atom. The maximum Gasteiger partial charge on any atom is 0.156 e. The second-order valence-corrected chi connectivity index (χ2v) is 6.85. The van der Waals surface area contributed by atoms with Crippen molar-refractivity contribution >= 4 is 38.2 Å². The number of imidazole rings is 1. The summed E-state index contributed by atoms with van der Waals surface area (Å²) >= 11 is 3.50. The van der Waals surface area contributed by atoms with Crippen LogP contribution in [0, 0.1) is 0 Å². The Bertz CT molecular complexity index is 806. The van der Waals surface area contributed by atoms with Crippen LogP contribution in [-0.2, 0) is 4.74 Å². The SMILES string of the molecule is COC1NC=C(Br)C=C1c1nc2ccc(N3CCNCC3)cc2[nH]1. The Kier molecular flexibility index (Phi) is 4.30. The molecule has 1 aromatic heterocycles. The summed E-state index contributed by atoms with van der Waals surface area (Å²) in [6, 6.07) is 6.41. The summed E-state index contributed by atoms with van der Waals surface area (Å²) in [6.07, 6.45) is 3.70. The second kappa shape index (κ2) is 6.58. The highest BCUT2D eigenvalue weighted by Crippen LogP contribution is 2.28. The predicted octanol–water partition coefficient (Wildman–Crippen LogP) is 2.17. The molecule has 0 spiro atoms. The largest absolute Gasteiger partial charge is 0.369 e. The molecule has 24 heavy (non-hydrogen) atoms. The standard InChI is InChI=1S/C17H20BrN5O/c1-24-17-13(8-11(18)10-20-17)16-21-14-3-2-12(9-15(14)22-16)23-6-4-19-5-7-23/h2-3,8-10,17,19-20H,4-7H2,1H3,(H,21,22). The summed E-state index contributed by atoms with van der Waals surface area (Å²) < 4.78 is 6.47. The van der Waals surface area contributed by atoms with Gasteiger partial charge in [0.2, 0.25) is 0 Å². The van der Waals surface area contributed by atoms with Crippen LogP contribution in [0.15, 0.2) is 35.0 Å². The van der Waals surface area contributed by atoms with Crippen LogP contribution in [0.4, 0.5) is 5.69 Å². The number of benzene rings is 1. The number of dihydropyridines is 1. The highest BCUT2D eigenvalue weighted by atomic mass is 79.9. The smallest absolute Gasteiger partial charge is 0.156 e. The molecule has 0 saturated carbocycles. The first-order valence-electron chi connectivity index (χ1n) is 8.06. The number of aromatic amines is 1. The number of hydrogen-bond acceptors (Lipinski definition) is 5. The van der Waals surface area contributed by atoms with Gasteiger partial charge in [-0.2, -0.15) is 0 Å². The van der Waals surface area contributed by atoms with Crippen LogP contribution in [0.3, 0.4) is 0 Å². The first kappa shape index (κ1) is 15.7. The molecule has 0 radical (unpaired) electrons. The van der Waals surface area contributed by atoms with Gasteiger partial charge in [-0.1, -0.05) is 0 Å². The summed E-state index contributed by atoms with van der Waals surface area (Å²) in [5.41, 5.74) is 4.22. The molecule has 0 amide bonds. The molecule has 1 unspecified atom stereocenters. The molecule has 6 nitrogen and oxygen atoms in total. The average molecular weight is 390 g/mol. The summed E-state index contributed by atoms with van der Waals surface area (Å²) in [7, 11) is 1.68. The number of halogens is 1. The molecule has 1 fully saturated rings. The Hall–Kier alpha value is -1.83. The van der Waals surface area contributed by atoms with E-state index in [1.807, 2.05) is 12.3 Å². The fourth-order valence-electron chi connectivity index (χ4n) is 3.15. The number of piperazine rings is 1. The number of nitrogens with one attached hydrogen (secondary N) is 3. The van der Waals surface area contributed by atoms with E-state index in [0.717, 1.165) is 53.1 Å². The van der Waals surface area contributed by atoms with E-state index in [4.69, 9.17) is 9.72 Å². The molecule has 3 N–H and O–H groups in total. The molecule has 0 aliphatic carbocycles.